The SMILES string of the molecule is CCC(=O)Nc1ccc(F)[c-]c1F.CCC(=O)Nc1ccc(F)[c-]c1F.[Ti+4].c1cc[cH-]c1.c1cc[cH-]c1. The summed E-state index contributed by atoms with van der Waals surface area (Å²) in [6, 6.07) is 28.0. The van der Waals surface area contributed by atoms with Crippen LogP contribution in [0.25, 0.3) is 0 Å². The molecule has 2 amide bonds. The molecular formula is C28H26F4N2O2Ti. The molecule has 37 heavy (non-hydrogen) atoms. The van der Waals surface area contributed by atoms with Crippen LogP contribution in [0.2, 0.25) is 0 Å². The third kappa shape index (κ3) is 15.3. The Morgan fingerprint density at radius 2 is 1.00 bits per heavy atom. The van der Waals surface area contributed by atoms with Gasteiger partial charge in [0.1, 0.15) is 0 Å². The fourth-order valence-corrected chi connectivity index (χ4v) is 2.20. The standard InChI is InChI=1S/2C9H8F2NO.2C5H5.Ti/c2*1-2-9(13)12-8-4-3-6(10)5-7(8)11;2*1-2-4-5-3-1;/h2*3-4H,2H2,1H3,(H,12,13);2*1-5H;/q4*-1;+4. The Balaban J connectivity index is 0.000000502. The van der Waals surface area contributed by atoms with Crippen LogP contribution in [-0.4, -0.2) is 11.8 Å². The Hall–Kier alpha value is -3.49. The zero-order valence-electron chi connectivity index (χ0n) is 20.3. The van der Waals surface area contributed by atoms with Gasteiger partial charge in [-0.15, -0.1) is 36.4 Å². The van der Waals surface area contributed by atoms with Crippen LogP contribution in [0.15, 0.2) is 84.9 Å². The molecule has 4 aromatic carbocycles. The second kappa shape index (κ2) is 19.7. The van der Waals surface area contributed by atoms with Gasteiger partial charge in [-0.2, -0.15) is 36.4 Å². The van der Waals surface area contributed by atoms with Crippen molar-refractivity contribution >= 4 is 23.2 Å². The van der Waals surface area contributed by atoms with Crippen LogP contribution in [0.1, 0.15) is 26.7 Å². The summed E-state index contributed by atoms with van der Waals surface area (Å²) in [5.74, 6) is -3.99. The van der Waals surface area contributed by atoms with Crippen molar-refractivity contribution in [2.24, 2.45) is 0 Å². The number of hydrogen-bond acceptors (Lipinski definition) is 2. The zero-order chi connectivity index (χ0) is 26.8. The molecule has 0 bridgehead atoms. The molecule has 0 spiro atoms. The van der Waals surface area contributed by atoms with Crippen LogP contribution >= 0.6 is 0 Å². The van der Waals surface area contributed by atoms with Crippen LogP contribution in [-0.2, 0) is 31.3 Å². The van der Waals surface area contributed by atoms with Gasteiger partial charge >= 0.3 is 21.7 Å². The molecule has 0 radical (unpaired) electrons. The first-order valence-electron chi connectivity index (χ1n) is 10.9. The second-order valence-electron chi connectivity index (χ2n) is 6.80. The summed E-state index contributed by atoms with van der Waals surface area (Å²) in [4.78, 5) is 21.7. The molecule has 0 aliphatic carbocycles. The van der Waals surface area contributed by atoms with Crippen molar-refractivity contribution in [2.75, 3.05) is 10.6 Å². The average Bonchev–Trinajstić information content (AvgIpc) is 3.62. The third-order valence-electron chi connectivity index (χ3n) is 4.03. The van der Waals surface area contributed by atoms with Crippen molar-refractivity contribution in [3.8, 4) is 0 Å². The Bertz CT molecular complexity index is 1030. The minimum absolute atomic E-state index is 0. The Kier molecular flexibility index (Phi) is 17.8. The molecule has 0 fully saturated rings. The molecule has 0 aliphatic rings. The van der Waals surface area contributed by atoms with E-state index >= 15 is 0 Å². The topological polar surface area (TPSA) is 58.2 Å². The van der Waals surface area contributed by atoms with Crippen LogP contribution in [0.3, 0.4) is 0 Å². The Morgan fingerprint density at radius 1 is 0.676 bits per heavy atom. The first kappa shape index (κ1) is 33.5. The molecule has 0 heterocycles. The van der Waals surface area contributed by atoms with Gasteiger partial charge in [-0.05, 0) is 11.4 Å². The summed E-state index contributed by atoms with van der Waals surface area (Å²) in [5.41, 5.74) is -0.0958. The van der Waals surface area contributed by atoms with Crippen molar-refractivity contribution in [1.29, 1.82) is 0 Å². The van der Waals surface area contributed by atoms with Gasteiger partial charge in [-0.1, -0.05) is 13.8 Å². The quantitative estimate of drug-likeness (QED) is 0.164. The van der Waals surface area contributed by atoms with Gasteiger partial charge in [0, 0.05) is 36.1 Å². The fraction of sp³-hybridized carbons (Fsp3) is 0.143. The predicted octanol–water partition coefficient (Wildman–Crippen LogP) is 7.04. The van der Waals surface area contributed by atoms with Gasteiger partial charge in [0.15, 0.2) is 0 Å². The maximum absolute atomic E-state index is 12.8. The van der Waals surface area contributed by atoms with Crippen LogP contribution < -0.4 is 10.6 Å². The number of carbonyl (C=O) groups excluding carboxylic acids is 2. The normalized spacial score (nSPS) is 9.03. The number of benzene rings is 2. The average molecular weight is 546 g/mol. The van der Waals surface area contributed by atoms with E-state index in [1.165, 1.54) is 0 Å². The molecule has 9 heteroatoms. The summed E-state index contributed by atoms with van der Waals surface area (Å²) in [6.45, 7) is 3.28. The molecule has 192 valence electrons. The number of carbonyl (C=O) groups is 2. The first-order chi connectivity index (χ1) is 17.3. The van der Waals surface area contributed by atoms with Gasteiger partial charge < -0.3 is 10.6 Å². The van der Waals surface area contributed by atoms with Crippen molar-refractivity contribution < 1.29 is 48.9 Å². The number of amides is 2. The summed E-state index contributed by atoms with van der Waals surface area (Å²) in [7, 11) is 0. The van der Waals surface area contributed by atoms with Crippen LogP contribution in [0.5, 0.6) is 0 Å². The van der Waals surface area contributed by atoms with Gasteiger partial charge in [0.25, 0.3) is 0 Å². The van der Waals surface area contributed by atoms with E-state index in [-0.39, 0.29) is 57.7 Å². The van der Waals surface area contributed by atoms with E-state index in [2.05, 4.69) is 10.6 Å². The van der Waals surface area contributed by atoms with Crippen LogP contribution in [0, 0.1) is 35.4 Å². The van der Waals surface area contributed by atoms with Crippen molar-refractivity contribution in [2.45, 2.75) is 26.7 Å². The molecule has 0 unspecified atom stereocenters. The molecule has 0 saturated heterocycles. The van der Waals surface area contributed by atoms with Gasteiger partial charge in [0.05, 0.1) is 0 Å². The number of rotatable bonds is 4. The summed E-state index contributed by atoms with van der Waals surface area (Å²) in [5, 5.41) is 4.55. The Morgan fingerprint density at radius 3 is 1.22 bits per heavy atom. The van der Waals surface area contributed by atoms with Crippen molar-refractivity contribution in [3.63, 3.8) is 0 Å². The van der Waals surface area contributed by atoms with E-state index in [1.807, 2.05) is 72.8 Å². The maximum Gasteiger partial charge on any atom is 4.00 e. The largest absolute Gasteiger partial charge is 4.00 e. The van der Waals surface area contributed by atoms with Crippen molar-refractivity contribution in [3.05, 3.63) is 120 Å². The number of anilines is 2. The van der Waals surface area contributed by atoms with E-state index in [0.717, 1.165) is 24.3 Å². The van der Waals surface area contributed by atoms with E-state index in [4.69, 9.17) is 0 Å². The van der Waals surface area contributed by atoms with Gasteiger partial charge in [-0.3, -0.25) is 9.59 Å². The molecular weight excluding hydrogens is 520 g/mol. The first-order valence-corrected chi connectivity index (χ1v) is 10.9. The third-order valence-corrected chi connectivity index (χ3v) is 4.03. The molecule has 4 nitrogen and oxygen atoms in total. The predicted molar refractivity (Wildman–Crippen MR) is 132 cm³/mol. The second-order valence-corrected chi connectivity index (χ2v) is 6.80. The van der Waals surface area contributed by atoms with Gasteiger partial charge in [-0.25, -0.2) is 41.8 Å². The minimum Gasteiger partial charge on any atom is -0.377 e. The zero-order valence-corrected chi connectivity index (χ0v) is 21.9. The molecule has 4 aromatic rings. The van der Waals surface area contributed by atoms with Crippen molar-refractivity contribution in [1.82, 2.24) is 0 Å². The summed E-state index contributed by atoms with van der Waals surface area (Å²) < 4.78 is 50.4. The fourth-order valence-electron chi connectivity index (χ4n) is 2.20. The molecule has 0 atom stereocenters. The Labute approximate surface area is 229 Å². The molecule has 2 N–H and O–H groups in total. The van der Waals surface area contributed by atoms with Gasteiger partial charge in [0.2, 0.25) is 11.8 Å². The summed E-state index contributed by atoms with van der Waals surface area (Å²) >= 11 is 0. The maximum atomic E-state index is 12.8. The monoisotopic (exact) mass is 546 g/mol. The van der Waals surface area contributed by atoms with E-state index < -0.39 is 23.3 Å². The molecule has 0 aliphatic heterocycles. The summed E-state index contributed by atoms with van der Waals surface area (Å²) in [6.07, 6.45) is 0.494. The van der Waals surface area contributed by atoms with E-state index in [9.17, 15) is 27.2 Å². The molecule has 0 saturated carbocycles. The molecule has 4 rings (SSSR count). The number of nitrogens with one attached hydrogen (secondary N) is 2. The van der Waals surface area contributed by atoms with E-state index in [1.54, 1.807) is 13.8 Å². The number of hydrogen-bond donors (Lipinski definition) is 2. The molecule has 0 aromatic heterocycles. The number of halogens is 4. The van der Waals surface area contributed by atoms with E-state index in [0.29, 0.717) is 0 Å². The van der Waals surface area contributed by atoms with Crippen LogP contribution in [0.4, 0.5) is 28.9 Å². The smallest absolute Gasteiger partial charge is 0.377 e. The minimum atomic E-state index is -0.887.